The van der Waals surface area contributed by atoms with Crippen LogP contribution in [0.15, 0.2) is 0 Å². The quantitative estimate of drug-likeness (QED) is 0.436. The largest absolute Gasteiger partial charge is 0.508 e. The molecule has 1 saturated heterocycles. The van der Waals surface area contributed by atoms with Gasteiger partial charge in [0.2, 0.25) is 0 Å². The maximum absolute atomic E-state index is 10.4. The summed E-state index contributed by atoms with van der Waals surface area (Å²) in [6, 6.07) is 0. The first-order valence-corrected chi connectivity index (χ1v) is 3.17. The average Bonchev–Trinajstić information content (AvgIpc) is 2.39. The van der Waals surface area contributed by atoms with Crippen LogP contribution in [0, 0.1) is 0 Å². The van der Waals surface area contributed by atoms with E-state index in [1.165, 1.54) is 14.2 Å². The van der Waals surface area contributed by atoms with E-state index >= 15 is 0 Å². The van der Waals surface area contributed by atoms with Crippen LogP contribution in [0.25, 0.3) is 0 Å². The molecule has 1 aliphatic heterocycles. The smallest absolute Gasteiger partial charge is 0.430 e. The summed E-state index contributed by atoms with van der Waals surface area (Å²) in [7, 11) is 2.95. The minimum Gasteiger partial charge on any atom is -0.430 e. The molecule has 0 bridgehead atoms. The Hall–Kier alpha value is -0.810. The predicted octanol–water partition coefficient (Wildman–Crippen LogP) is 0.141. The number of carbonyl (C=O) groups excluding carboxylic acids is 1. The number of rotatable bonds is 3. The minimum absolute atomic E-state index is 0.186. The average molecular weight is 162 g/mol. The van der Waals surface area contributed by atoms with Gasteiger partial charge < -0.3 is 18.9 Å². The summed E-state index contributed by atoms with van der Waals surface area (Å²) in [6.07, 6.45) is -1.66. The van der Waals surface area contributed by atoms with E-state index in [1.807, 2.05) is 0 Å². The fraction of sp³-hybridized carbons (Fsp3) is 0.833. The van der Waals surface area contributed by atoms with E-state index in [0.29, 0.717) is 0 Å². The van der Waals surface area contributed by atoms with E-state index in [2.05, 4.69) is 4.74 Å². The second-order valence-electron chi connectivity index (χ2n) is 2.06. The van der Waals surface area contributed by atoms with Crippen LogP contribution in [0.2, 0.25) is 0 Å². The highest BCUT2D eigenvalue weighted by Crippen LogP contribution is 2.12. The standard InChI is InChI=1S/C6H10O5/c1-8-5(9-2)4-3-10-6(7)11-4/h4-5H,3H2,1-2H3. The van der Waals surface area contributed by atoms with Crippen molar-refractivity contribution in [3.8, 4) is 0 Å². The topological polar surface area (TPSA) is 54.0 Å². The third-order valence-corrected chi connectivity index (χ3v) is 1.38. The molecule has 0 aliphatic carbocycles. The number of methoxy groups -OCH3 is 2. The number of cyclic esters (lactones) is 2. The number of hydrogen-bond donors (Lipinski definition) is 0. The summed E-state index contributed by atoms with van der Waals surface area (Å²) >= 11 is 0. The van der Waals surface area contributed by atoms with Crippen LogP contribution >= 0.6 is 0 Å². The molecule has 5 heteroatoms. The van der Waals surface area contributed by atoms with E-state index in [-0.39, 0.29) is 6.61 Å². The molecular weight excluding hydrogens is 152 g/mol. The van der Waals surface area contributed by atoms with Crippen LogP contribution in [-0.4, -0.2) is 39.4 Å². The van der Waals surface area contributed by atoms with Crippen molar-refractivity contribution in [2.75, 3.05) is 20.8 Å². The zero-order valence-corrected chi connectivity index (χ0v) is 6.40. The Morgan fingerprint density at radius 1 is 1.55 bits per heavy atom. The third kappa shape index (κ3) is 1.81. The molecule has 1 heterocycles. The Bertz CT molecular complexity index is 142. The lowest BCUT2D eigenvalue weighted by Gasteiger charge is -2.16. The summed E-state index contributed by atoms with van der Waals surface area (Å²) in [5.41, 5.74) is 0. The Kier molecular flexibility index (Phi) is 2.67. The zero-order valence-electron chi connectivity index (χ0n) is 6.40. The molecule has 0 radical (unpaired) electrons. The van der Waals surface area contributed by atoms with Gasteiger partial charge in [0.25, 0.3) is 0 Å². The molecule has 0 N–H and O–H groups in total. The lowest BCUT2D eigenvalue weighted by Crippen LogP contribution is -2.31. The fourth-order valence-electron chi connectivity index (χ4n) is 0.876. The van der Waals surface area contributed by atoms with Gasteiger partial charge in [-0.2, -0.15) is 0 Å². The summed E-state index contributed by atoms with van der Waals surface area (Å²) in [5, 5.41) is 0. The van der Waals surface area contributed by atoms with Crippen molar-refractivity contribution >= 4 is 6.16 Å². The van der Waals surface area contributed by atoms with E-state index in [1.54, 1.807) is 0 Å². The van der Waals surface area contributed by atoms with Crippen molar-refractivity contribution in [2.24, 2.45) is 0 Å². The predicted molar refractivity (Wildman–Crippen MR) is 34.0 cm³/mol. The molecule has 1 atom stereocenters. The maximum Gasteiger partial charge on any atom is 0.508 e. The Morgan fingerprint density at radius 3 is 2.55 bits per heavy atom. The first-order valence-electron chi connectivity index (χ1n) is 3.17. The first-order chi connectivity index (χ1) is 5.27. The van der Waals surface area contributed by atoms with Gasteiger partial charge in [-0.1, -0.05) is 0 Å². The second kappa shape index (κ2) is 3.54. The zero-order chi connectivity index (χ0) is 8.27. The monoisotopic (exact) mass is 162 g/mol. The molecule has 1 rings (SSSR count). The highest BCUT2D eigenvalue weighted by Gasteiger charge is 2.32. The van der Waals surface area contributed by atoms with Gasteiger partial charge in [-0.3, -0.25) is 0 Å². The van der Waals surface area contributed by atoms with Gasteiger partial charge in [0.05, 0.1) is 0 Å². The number of hydrogen-bond acceptors (Lipinski definition) is 5. The van der Waals surface area contributed by atoms with Crippen LogP contribution in [-0.2, 0) is 18.9 Å². The van der Waals surface area contributed by atoms with Crippen molar-refractivity contribution in [2.45, 2.75) is 12.4 Å². The van der Waals surface area contributed by atoms with Crippen molar-refractivity contribution in [1.29, 1.82) is 0 Å². The van der Waals surface area contributed by atoms with Crippen LogP contribution in [0.3, 0.4) is 0 Å². The van der Waals surface area contributed by atoms with Gasteiger partial charge in [-0.05, 0) is 0 Å². The lowest BCUT2D eigenvalue weighted by atomic mass is 10.4. The molecule has 0 saturated carbocycles. The summed E-state index contributed by atoms with van der Waals surface area (Å²) in [6.45, 7) is 0.186. The summed E-state index contributed by atoms with van der Waals surface area (Å²) in [4.78, 5) is 10.4. The Labute approximate surface area is 64.2 Å². The molecule has 11 heavy (non-hydrogen) atoms. The molecule has 0 spiro atoms. The molecule has 1 fully saturated rings. The minimum atomic E-state index is -0.672. The Morgan fingerprint density at radius 2 is 2.18 bits per heavy atom. The van der Waals surface area contributed by atoms with Crippen LogP contribution in [0.5, 0.6) is 0 Å². The fourth-order valence-corrected chi connectivity index (χ4v) is 0.876. The van der Waals surface area contributed by atoms with E-state index < -0.39 is 18.5 Å². The Balaban J connectivity index is 2.40. The van der Waals surface area contributed by atoms with E-state index in [4.69, 9.17) is 14.2 Å². The van der Waals surface area contributed by atoms with Crippen LogP contribution in [0.4, 0.5) is 4.79 Å². The van der Waals surface area contributed by atoms with Gasteiger partial charge in [-0.15, -0.1) is 0 Å². The second-order valence-corrected chi connectivity index (χ2v) is 2.06. The van der Waals surface area contributed by atoms with Gasteiger partial charge >= 0.3 is 6.16 Å². The van der Waals surface area contributed by atoms with Crippen molar-refractivity contribution in [3.05, 3.63) is 0 Å². The lowest BCUT2D eigenvalue weighted by molar-refractivity contribution is -0.154. The third-order valence-electron chi connectivity index (χ3n) is 1.38. The molecule has 0 aromatic heterocycles. The van der Waals surface area contributed by atoms with Gasteiger partial charge in [0.15, 0.2) is 12.4 Å². The van der Waals surface area contributed by atoms with Gasteiger partial charge in [0, 0.05) is 14.2 Å². The maximum atomic E-state index is 10.4. The molecule has 5 nitrogen and oxygen atoms in total. The molecule has 0 aromatic rings. The summed E-state index contributed by atoms with van der Waals surface area (Å²) in [5.74, 6) is 0. The normalized spacial score (nSPS) is 23.5. The molecule has 1 unspecified atom stereocenters. The summed E-state index contributed by atoms with van der Waals surface area (Å²) < 4.78 is 18.9. The highest BCUT2D eigenvalue weighted by atomic mass is 16.8. The van der Waals surface area contributed by atoms with Gasteiger partial charge in [0.1, 0.15) is 6.61 Å². The molecular formula is C6H10O5. The molecule has 0 amide bonds. The van der Waals surface area contributed by atoms with Crippen molar-refractivity contribution in [3.63, 3.8) is 0 Å². The number of ether oxygens (including phenoxy) is 4. The van der Waals surface area contributed by atoms with E-state index in [0.717, 1.165) is 0 Å². The molecule has 0 aromatic carbocycles. The van der Waals surface area contributed by atoms with Crippen LogP contribution < -0.4 is 0 Å². The highest BCUT2D eigenvalue weighted by molar-refractivity contribution is 5.61. The molecule has 1 aliphatic rings. The molecule has 64 valence electrons. The SMILES string of the molecule is COC(OC)C1COC(=O)O1. The van der Waals surface area contributed by atoms with Crippen molar-refractivity contribution < 1.29 is 23.7 Å². The first kappa shape index (κ1) is 8.29. The van der Waals surface area contributed by atoms with Crippen molar-refractivity contribution in [1.82, 2.24) is 0 Å². The van der Waals surface area contributed by atoms with Crippen LogP contribution in [0.1, 0.15) is 0 Å². The van der Waals surface area contributed by atoms with Gasteiger partial charge in [-0.25, -0.2) is 4.79 Å². The number of carbonyl (C=O) groups is 1. The van der Waals surface area contributed by atoms with E-state index in [9.17, 15) is 4.79 Å².